The lowest BCUT2D eigenvalue weighted by Gasteiger charge is -2.35. The zero-order valence-corrected chi connectivity index (χ0v) is 13.2. The van der Waals surface area contributed by atoms with E-state index in [9.17, 15) is 0 Å². The normalized spacial score (nSPS) is 19.8. The SMILES string of the molecule is CNC(C)c1ccc(N2CCc3sccc3C2C)cc1. The van der Waals surface area contributed by atoms with Crippen LogP contribution in [0.15, 0.2) is 35.7 Å². The number of benzene rings is 1. The molecule has 3 rings (SSSR count). The van der Waals surface area contributed by atoms with Crippen molar-refractivity contribution in [2.75, 3.05) is 18.5 Å². The first-order chi connectivity index (χ1) is 9.70. The third kappa shape index (κ3) is 2.36. The lowest BCUT2D eigenvalue weighted by Crippen LogP contribution is -2.33. The fourth-order valence-corrected chi connectivity index (χ4v) is 3.95. The molecule has 3 heteroatoms. The monoisotopic (exact) mass is 286 g/mol. The highest BCUT2D eigenvalue weighted by Gasteiger charge is 2.24. The van der Waals surface area contributed by atoms with Gasteiger partial charge in [-0.25, -0.2) is 0 Å². The minimum Gasteiger partial charge on any atom is -0.364 e. The highest BCUT2D eigenvalue weighted by atomic mass is 32.1. The largest absolute Gasteiger partial charge is 0.364 e. The Hall–Kier alpha value is -1.32. The molecule has 2 unspecified atom stereocenters. The van der Waals surface area contributed by atoms with Crippen LogP contribution in [0.1, 0.15) is 41.9 Å². The summed E-state index contributed by atoms with van der Waals surface area (Å²) in [7, 11) is 2.00. The number of thiophene rings is 1. The van der Waals surface area contributed by atoms with Crippen LogP contribution in [0.4, 0.5) is 5.69 Å². The second-order valence-corrected chi connectivity index (χ2v) is 6.52. The molecule has 0 radical (unpaired) electrons. The fraction of sp³-hybridized carbons (Fsp3) is 0.412. The van der Waals surface area contributed by atoms with E-state index in [1.807, 2.05) is 18.4 Å². The molecule has 106 valence electrons. The Bertz CT molecular complexity index is 573. The van der Waals surface area contributed by atoms with E-state index < -0.39 is 0 Å². The summed E-state index contributed by atoms with van der Waals surface area (Å²) in [4.78, 5) is 4.08. The summed E-state index contributed by atoms with van der Waals surface area (Å²) in [6.45, 7) is 5.63. The van der Waals surface area contributed by atoms with Crippen molar-refractivity contribution in [3.05, 3.63) is 51.7 Å². The van der Waals surface area contributed by atoms with Gasteiger partial charge in [0, 0.05) is 23.2 Å². The minimum atomic E-state index is 0.409. The molecule has 1 N–H and O–H groups in total. The first kappa shape index (κ1) is 13.7. The smallest absolute Gasteiger partial charge is 0.0525 e. The number of fused-ring (bicyclic) bond motifs is 1. The Balaban J connectivity index is 1.83. The Kier molecular flexibility index (Phi) is 3.81. The Morgan fingerprint density at radius 2 is 2.00 bits per heavy atom. The highest BCUT2D eigenvalue weighted by Crippen LogP contribution is 2.36. The van der Waals surface area contributed by atoms with E-state index in [1.165, 1.54) is 23.2 Å². The maximum absolute atomic E-state index is 3.29. The van der Waals surface area contributed by atoms with Gasteiger partial charge in [-0.1, -0.05) is 12.1 Å². The van der Waals surface area contributed by atoms with Gasteiger partial charge in [0.2, 0.25) is 0 Å². The zero-order valence-electron chi connectivity index (χ0n) is 12.4. The second kappa shape index (κ2) is 5.58. The lowest BCUT2D eigenvalue weighted by molar-refractivity contribution is 0.630. The lowest BCUT2D eigenvalue weighted by atomic mass is 10.00. The molecule has 20 heavy (non-hydrogen) atoms. The van der Waals surface area contributed by atoms with Crippen LogP contribution in [0.3, 0.4) is 0 Å². The Morgan fingerprint density at radius 3 is 2.70 bits per heavy atom. The van der Waals surface area contributed by atoms with E-state index in [0.717, 1.165) is 6.54 Å². The molecule has 0 amide bonds. The van der Waals surface area contributed by atoms with Crippen molar-refractivity contribution in [3.8, 4) is 0 Å². The summed E-state index contributed by atoms with van der Waals surface area (Å²) in [6, 6.07) is 12.2. The van der Waals surface area contributed by atoms with Crippen LogP contribution in [0.2, 0.25) is 0 Å². The molecule has 0 bridgehead atoms. The third-order valence-corrected chi connectivity index (χ3v) is 5.43. The Labute approximate surface area is 125 Å². The summed E-state index contributed by atoms with van der Waals surface area (Å²) in [5.41, 5.74) is 4.19. The standard InChI is InChI=1S/C17H22N2S/c1-12(18-3)14-4-6-15(7-5-14)19-10-8-17-16(13(19)2)9-11-20-17/h4-7,9,11-13,18H,8,10H2,1-3H3. The van der Waals surface area contributed by atoms with Crippen molar-refractivity contribution in [1.29, 1.82) is 0 Å². The second-order valence-electron chi connectivity index (χ2n) is 5.52. The molecule has 2 aromatic rings. The molecule has 0 fully saturated rings. The van der Waals surface area contributed by atoms with E-state index >= 15 is 0 Å². The first-order valence-electron chi connectivity index (χ1n) is 7.31. The molecular formula is C17H22N2S. The van der Waals surface area contributed by atoms with Crippen LogP contribution >= 0.6 is 11.3 Å². The van der Waals surface area contributed by atoms with Crippen molar-refractivity contribution in [1.82, 2.24) is 5.32 Å². The average molecular weight is 286 g/mol. The number of hydrogen-bond donors (Lipinski definition) is 1. The van der Waals surface area contributed by atoms with Crippen LogP contribution < -0.4 is 10.2 Å². The van der Waals surface area contributed by atoms with E-state index in [-0.39, 0.29) is 0 Å². The van der Waals surface area contributed by atoms with E-state index in [2.05, 4.69) is 59.8 Å². The molecule has 0 saturated carbocycles. The average Bonchev–Trinajstić information content (AvgIpc) is 2.96. The van der Waals surface area contributed by atoms with Crippen molar-refractivity contribution in [3.63, 3.8) is 0 Å². The number of anilines is 1. The van der Waals surface area contributed by atoms with Crippen LogP contribution in [0.25, 0.3) is 0 Å². The molecule has 2 nitrogen and oxygen atoms in total. The predicted molar refractivity (Wildman–Crippen MR) is 87.7 cm³/mol. The van der Waals surface area contributed by atoms with Gasteiger partial charge in [0.25, 0.3) is 0 Å². The maximum Gasteiger partial charge on any atom is 0.0525 e. The van der Waals surface area contributed by atoms with Gasteiger partial charge in [-0.15, -0.1) is 11.3 Å². The number of nitrogens with one attached hydrogen (secondary N) is 1. The van der Waals surface area contributed by atoms with Gasteiger partial charge in [-0.05, 0) is 62.0 Å². The zero-order chi connectivity index (χ0) is 14.1. The molecule has 1 aromatic carbocycles. The number of nitrogens with zero attached hydrogens (tertiary/aromatic N) is 1. The van der Waals surface area contributed by atoms with Gasteiger partial charge >= 0.3 is 0 Å². The van der Waals surface area contributed by atoms with E-state index in [4.69, 9.17) is 0 Å². The van der Waals surface area contributed by atoms with E-state index in [1.54, 1.807) is 4.88 Å². The molecule has 1 aliphatic heterocycles. The van der Waals surface area contributed by atoms with Gasteiger partial charge in [0.15, 0.2) is 0 Å². The predicted octanol–water partition coefficient (Wildman–Crippen LogP) is 4.15. The molecule has 1 aliphatic rings. The van der Waals surface area contributed by atoms with Crippen molar-refractivity contribution >= 4 is 17.0 Å². The molecule has 2 heterocycles. The van der Waals surface area contributed by atoms with Gasteiger partial charge < -0.3 is 10.2 Å². The van der Waals surface area contributed by atoms with E-state index in [0.29, 0.717) is 12.1 Å². The maximum atomic E-state index is 3.29. The van der Waals surface area contributed by atoms with Crippen LogP contribution in [-0.4, -0.2) is 13.6 Å². The van der Waals surface area contributed by atoms with Crippen molar-refractivity contribution in [2.45, 2.75) is 32.4 Å². The summed E-state index contributed by atoms with van der Waals surface area (Å²) in [5.74, 6) is 0. The number of rotatable bonds is 3. The van der Waals surface area contributed by atoms with Gasteiger partial charge in [0.1, 0.15) is 0 Å². The topological polar surface area (TPSA) is 15.3 Å². The molecule has 0 spiro atoms. The fourth-order valence-electron chi connectivity index (χ4n) is 2.98. The molecule has 0 saturated heterocycles. The van der Waals surface area contributed by atoms with Gasteiger partial charge in [-0.2, -0.15) is 0 Å². The van der Waals surface area contributed by atoms with Crippen molar-refractivity contribution < 1.29 is 0 Å². The summed E-state index contributed by atoms with van der Waals surface area (Å²) in [6.07, 6.45) is 1.17. The number of hydrogen-bond acceptors (Lipinski definition) is 3. The van der Waals surface area contributed by atoms with Crippen molar-refractivity contribution in [2.24, 2.45) is 0 Å². The minimum absolute atomic E-state index is 0.409. The van der Waals surface area contributed by atoms with Gasteiger partial charge in [-0.3, -0.25) is 0 Å². The summed E-state index contributed by atoms with van der Waals surface area (Å²) < 4.78 is 0. The highest BCUT2D eigenvalue weighted by molar-refractivity contribution is 7.10. The molecule has 1 aromatic heterocycles. The Morgan fingerprint density at radius 1 is 1.25 bits per heavy atom. The molecule has 0 aliphatic carbocycles. The quantitative estimate of drug-likeness (QED) is 0.911. The van der Waals surface area contributed by atoms with Crippen LogP contribution in [-0.2, 0) is 6.42 Å². The summed E-state index contributed by atoms with van der Waals surface area (Å²) in [5, 5.41) is 5.51. The molecular weight excluding hydrogens is 264 g/mol. The summed E-state index contributed by atoms with van der Waals surface area (Å²) >= 11 is 1.90. The van der Waals surface area contributed by atoms with Crippen LogP contribution in [0, 0.1) is 0 Å². The van der Waals surface area contributed by atoms with Gasteiger partial charge in [0.05, 0.1) is 6.04 Å². The van der Waals surface area contributed by atoms with Crippen LogP contribution in [0.5, 0.6) is 0 Å². The third-order valence-electron chi connectivity index (χ3n) is 4.43. The molecule has 2 atom stereocenters. The first-order valence-corrected chi connectivity index (χ1v) is 8.19.